The average molecular weight is 773 g/mol. The van der Waals surface area contributed by atoms with Gasteiger partial charge in [-0.3, -0.25) is 9.69 Å². The zero-order chi connectivity index (χ0) is 39.2. The van der Waals surface area contributed by atoms with Crippen molar-refractivity contribution in [2.45, 2.75) is 91.5 Å². The predicted octanol–water partition coefficient (Wildman–Crippen LogP) is 6.75. The molecule has 0 aromatic heterocycles. The number of carbonyl (C=O) groups is 2. The number of hydrogen-bond acceptors (Lipinski definition) is 9. The summed E-state index contributed by atoms with van der Waals surface area (Å²) >= 11 is 1.86. The van der Waals surface area contributed by atoms with Crippen molar-refractivity contribution in [1.82, 2.24) is 10.2 Å². The lowest BCUT2D eigenvalue weighted by Crippen LogP contribution is -2.42. The van der Waals surface area contributed by atoms with E-state index in [9.17, 15) is 31.5 Å². The number of carboxylic acid groups (broad SMARTS) is 1. The smallest absolute Gasteiger partial charge is 0.326 e. The highest BCUT2D eigenvalue weighted by Gasteiger charge is 2.30. The number of ether oxygens (including phenoxy) is 1. The maximum atomic E-state index is 13.2. The number of methoxy groups -OCH3 is 1. The van der Waals surface area contributed by atoms with Crippen LogP contribution < -0.4 is 5.32 Å². The number of thioether (sulfide) groups is 1. The van der Waals surface area contributed by atoms with E-state index in [1.165, 1.54) is 31.3 Å². The molecular formula is C38H64N2O8S3. The third-order valence-corrected chi connectivity index (χ3v) is 11.5. The second-order valence-electron chi connectivity index (χ2n) is 12.5. The Balaban J connectivity index is 0.00000140. The summed E-state index contributed by atoms with van der Waals surface area (Å²) < 4.78 is 51.9. The van der Waals surface area contributed by atoms with Gasteiger partial charge in [0.15, 0.2) is 9.84 Å². The Morgan fingerprint density at radius 2 is 1.65 bits per heavy atom. The van der Waals surface area contributed by atoms with E-state index in [0.717, 1.165) is 35.5 Å². The van der Waals surface area contributed by atoms with Crippen molar-refractivity contribution in [3.05, 3.63) is 59.2 Å². The van der Waals surface area contributed by atoms with E-state index in [0.29, 0.717) is 31.6 Å². The molecule has 1 amide bonds. The fourth-order valence-electron chi connectivity index (χ4n) is 5.41. The van der Waals surface area contributed by atoms with Crippen LogP contribution in [0.2, 0.25) is 0 Å². The maximum Gasteiger partial charge on any atom is 0.326 e. The van der Waals surface area contributed by atoms with Crippen LogP contribution in [0.3, 0.4) is 0 Å². The van der Waals surface area contributed by atoms with Crippen molar-refractivity contribution in [2.75, 3.05) is 57.1 Å². The van der Waals surface area contributed by atoms with Gasteiger partial charge in [-0.2, -0.15) is 11.8 Å². The summed E-state index contributed by atoms with van der Waals surface area (Å²) in [5.41, 5.74) is 3.52. The fraction of sp³-hybridized carbons (Fsp3) is 0.632. The van der Waals surface area contributed by atoms with Gasteiger partial charge in [-0.25, -0.2) is 21.6 Å². The highest BCUT2D eigenvalue weighted by molar-refractivity contribution is 7.98. The number of carboxylic acids is 1. The number of carbonyl (C=O) groups excluding carboxylic acids is 1. The third kappa shape index (κ3) is 19.3. The maximum absolute atomic E-state index is 13.2. The number of rotatable bonds is 16. The van der Waals surface area contributed by atoms with Gasteiger partial charge in [-0.05, 0) is 85.0 Å². The van der Waals surface area contributed by atoms with E-state index in [2.05, 4.69) is 37.2 Å². The zero-order valence-electron chi connectivity index (χ0n) is 32.5. The van der Waals surface area contributed by atoms with Crippen molar-refractivity contribution in [3.63, 3.8) is 0 Å². The Morgan fingerprint density at radius 1 is 1.02 bits per heavy atom. The molecule has 3 atom stereocenters. The van der Waals surface area contributed by atoms with Gasteiger partial charge >= 0.3 is 5.97 Å². The van der Waals surface area contributed by atoms with E-state index >= 15 is 0 Å². The first-order valence-electron chi connectivity index (χ1n) is 17.8. The highest BCUT2D eigenvalue weighted by atomic mass is 32.2. The van der Waals surface area contributed by atoms with Gasteiger partial charge in [0.25, 0.3) is 5.91 Å². The molecule has 51 heavy (non-hydrogen) atoms. The largest absolute Gasteiger partial charge is 0.480 e. The van der Waals surface area contributed by atoms with Crippen molar-refractivity contribution >= 4 is 43.3 Å². The van der Waals surface area contributed by atoms with Crippen molar-refractivity contribution in [1.29, 1.82) is 0 Å². The topological polar surface area (TPSA) is 147 Å². The summed E-state index contributed by atoms with van der Waals surface area (Å²) in [6.07, 6.45) is 8.54. The Bertz CT molecular complexity index is 1520. The van der Waals surface area contributed by atoms with E-state index in [1.54, 1.807) is 19.2 Å². The Labute approximate surface area is 313 Å². The second-order valence-corrected chi connectivity index (χ2v) is 18.3. The summed E-state index contributed by atoms with van der Waals surface area (Å²) in [5.74, 6) is -0.257. The molecule has 0 saturated carbocycles. The summed E-state index contributed by atoms with van der Waals surface area (Å²) in [6, 6.07) is 11.4. The van der Waals surface area contributed by atoms with Gasteiger partial charge in [-0.1, -0.05) is 77.8 Å². The number of aryl methyl sites for hydroxylation is 1. The Morgan fingerprint density at radius 3 is 2.12 bits per heavy atom. The third-order valence-electron chi connectivity index (χ3n) is 8.35. The first-order chi connectivity index (χ1) is 24.0. The molecule has 2 N–H and O–H groups in total. The summed E-state index contributed by atoms with van der Waals surface area (Å²) in [6.45, 7) is 15.0. The predicted molar refractivity (Wildman–Crippen MR) is 214 cm³/mol. The van der Waals surface area contributed by atoms with Crippen LogP contribution in [0, 0.1) is 12.8 Å². The molecule has 0 spiro atoms. The average Bonchev–Trinajstić information content (AvgIpc) is 3.57. The molecule has 10 nitrogen and oxygen atoms in total. The molecule has 0 aliphatic carbocycles. The number of aliphatic carboxylic acids is 1. The molecule has 292 valence electrons. The van der Waals surface area contributed by atoms with Crippen molar-refractivity contribution < 1.29 is 36.3 Å². The molecule has 2 aromatic rings. The first-order valence-corrected chi connectivity index (χ1v) is 23.2. The van der Waals surface area contributed by atoms with Crippen LogP contribution in [0.15, 0.2) is 42.5 Å². The molecule has 1 fully saturated rings. The van der Waals surface area contributed by atoms with Gasteiger partial charge in [0.1, 0.15) is 15.9 Å². The van der Waals surface area contributed by atoms with Gasteiger partial charge in [0.05, 0.1) is 11.0 Å². The molecule has 0 bridgehead atoms. The summed E-state index contributed by atoms with van der Waals surface area (Å²) in [4.78, 5) is 26.9. The van der Waals surface area contributed by atoms with E-state index in [-0.39, 0.29) is 17.7 Å². The number of benzene rings is 2. The molecule has 1 aliphatic rings. The molecule has 3 unspecified atom stereocenters. The molecule has 1 heterocycles. The fourth-order valence-corrected chi connectivity index (χ4v) is 7.09. The van der Waals surface area contributed by atoms with E-state index in [4.69, 9.17) is 4.74 Å². The molecule has 3 rings (SSSR count). The van der Waals surface area contributed by atoms with Crippen molar-refractivity contribution in [3.8, 4) is 11.1 Å². The van der Waals surface area contributed by atoms with Gasteiger partial charge in [0.2, 0.25) is 0 Å². The van der Waals surface area contributed by atoms with Crippen LogP contribution in [0.5, 0.6) is 0 Å². The normalized spacial score (nSPS) is 15.5. The number of nitrogens with zero attached hydrogens (tertiary/aromatic N) is 1. The minimum Gasteiger partial charge on any atom is -0.480 e. The Hall–Kier alpha value is -2.45. The number of likely N-dealkylation sites (tertiary alicyclic amines) is 1. The van der Waals surface area contributed by atoms with E-state index < -0.39 is 42.8 Å². The molecule has 13 heteroatoms. The lowest BCUT2D eigenvalue weighted by molar-refractivity contribution is -0.139. The monoisotopic (exact) mass is 772 g/mol. The number of nitrogens with one attached hydrogen (secondary N) is 1. The molecule has 1 saturated heterocycles. The Kier molecular flexibility index (Phi) is 24.3. The minimum absolute atomic E-state index is 0.242. The zero-order valence-corrected chi connectivity index (χ0v) is 35.0. The van der Waals surface area contributed by atoms with Crippen LogP contribution in [0.1, 0.15) is 88.2 Å². The summed E-state index contributed by atoms with van der Waals surface area (Å²) in [7, 11) is -4.74. The standard InChI is InChI=1S/C25H32N2O7S2.C8H18O.C3H8S.C2H6/c1-17-6-4-5-7-20(17)22-14-18(15-27-12-10-19(16-27)36(3,33)34)8-9-21(22)24(28)26-23(25(29)30)11-13-35(2,31)32;1-4-6-8(5-2)7-9-3;1-3-4-2;1-2/h4-9,14,19,23H,10-13,15-16H2,1-3H3,(H,26,28)(H,29,30);8H,4-7H2,1-3H3;3H2,1-2H3;1-2H3. The van der Waals surface area contributed by atoms with Crippen LogP contribution in [-0.2, 0) is 35.8 Å². The lowest BCUT2D eigenvalue weighted by Gasteiger charge is -2.20. The van der Waals surface area contributed by atoms with Crippen LogP contribution in [-0.4, -0.2) is 107 Å². The van der Waals surface area contributed by atoms with Gasteiger partial charge in [-0.15, -0.1) is 0 Å². The van der Waals surface area contributed by atoms with E-state index in [1.807, 2.05) is 62.9 Å². The minimum atomic E-state index is -3.40. The number of sulfone groups is 2. The number of amides is 1. The summed E-state index contributed by atoms with van der Waals surface area (Å²) in [5, 5.41) is 11.6. The molecule has 2 aromatic carbocycles. The first kappa shape index (κ1) is 48.5. The van der Waals surface area contributed by atoms with Crippen LogP contribution in [0.25, 0.3) is 11.1 Å². The van der Waals surface area contributed by atoms with Gasteiger partial charge in [0, 0.05) is 44.9 Å². The highest BCUT2D eigenvalue weighted by Crippen LogP contribution is 2.29. The quantitative estimate of drug-likeness (QED) is 0.188. The lowest BCUT2D eigenvalue weighted by atomic mass is 9.93. The molecule has 0 radical (unpaired) electrons. The molecule has 1 aliphatic heterocycles. The van der Waals surface area contributed by atoms with Crippen molar-refractivity contribution in [2.24, 2.45) is 5.92 Å². The second kappa shape index (κ2) is 25.5. The van der Waals surface area contributed by atoms with Gasteiger partial charge < -0.3 is 15.2 Å². The number of hydrogen-bond donors (Lipinski definition) is 2. The SMILES string of the molecule is CC.CCCC(CC)COC.CCSC.Cc1ccccc1-c1cc(CN2CCC(S(C)(=O)=O)C2)ccc1C(=O)NC(CCS(C)(=O)=O)C(=O)O. The van der Waals surface area contributed by atoms with Crippen LogP contribution in [0.4, 0.5) is 0 Å². The van der Waals surface area contributed by atoms with Crippen LogP contribution >= 0.6 is 11.8 Å². The molecular weight excluding hydrogens is 709 g/mol.